The predicted octanol–water partition coefficient (Wildman–Crippen LogP) is 6.40. The first-order chi connectivity index (χ1) is 13.9. The molecule has 0 saturated heterocycles. The zero-order chi connectivity index (χ0) is 18.5. The quantitative estimate of drug-likeness (QED) is 0.350. The fourth-order valence-electron chi connectivity index (χ4n) is 4.31. The van der Waals surface area contributed by atoms with E-state index in [0.717, 1.165) is 23.4 Å². The zero-order valence-electron chi connectivity index (χ0n) is 15.3. The van der Waals surface area contributed by atoms with Gasteiger partial charge in [0.25, 0.3) is 0 Å². The first-order valence-corrected chi connectivity index (χ1v) is 9.62. The maximum absolute atomic E-state index is 4.98. The highest BCUT2D eigenvalue weighted by atomic mass is 15.1. The Balaban J connectivity index is 1.60. The van der Waals surface area contributed by atoms with Crippen LogP contribution in [0.25, 0.3) is 44.7 Å². The van der Waals surface area contributed by atoms with Gasteiger partial charge in [-0.15, -0.1) is 0 Å². The largest absolute Gasteiger partial charge is 0.319 e. The minimum absolute atomic E-state index is 0.849. The molecule has 2 heteroatoms. The lowest BCUT2D eigenvalue weighted by atomic mass is 9.91. The molecule has 28 heavy (non-hydrogen) atoms. The molecule has 0 aliphatic carbocycles. The van der Waals surface area contributed by atoms with Crippen molar-refractivity contribution in [3.8, 4) is 33.6 Å². The van der Waals surface area contributed by atoms with Gasteiger partial charge in [-0.25, -0.2) is 4.98 Å². The van der Waals surface area contributed by atoms with Gasteiger partial charge in [-0.05, 0) is 34.4 Å². The van der Waals surface area contributed by atoms with Gasteiger partial charge in [0.2, 0.25) is 0 Å². The van der Waals surface area contributed by atoms with Gasteiger partial charge in [0.1, 0.15) is 5.82 Å². The molecule has 1 aliphatic rings. The summed E-state index contributed by atoms with van der Waals surface area (Å²) in [6.07, 6.45) is 0. The molecule has 2 nitrogen and oxygen atoms in total. The van der Waals surface area contributed by atoms with Crippen LogP contribution in [0.1, 0.15) is 5.56 Å². The number of fused-ring (bicyclic) bond motifs is 2. The third-order valence-electron chi connectivity index (χ3n) is 5.63. The number of hydrogen-bond acceptors (Lipinski definition) is 1. The highest BCUT2D eigenvalue weighted by molar-refractivity contribution is 5.97. The second kappa shape index (κ2) is 5.93. The molecule has 0 unspecified atom stereocenters. The van der Waals surface area contributed by atoms with Gasteiger partial charge in [0.15, 0.2) is 0 Å². The molecule has 0 bridgehead atoms. The second-order valence-electron chi connectivity index (χ2n) is 7.30. The summed E-state index contributed by atoms with van der Waals surface area (Å²) in [5.41, 5.74) is 9.90. The van der Waals surface area contributed by atoms with Crippen LogP contribution < -0.4 is 0 Å². The molecule has 132 valence electrons. The van der Waals surface area contributed by atoms with Crippen molar-refractivity contribution < 1.29 is 0 Å². The highest BCUT2D eigenvalue weighted by Gasteiger charge is 2.23. The Bertz CT molecular complexity index is 1320. The smallest absolute Gasteiger partial charge is 0.141 e. The highest BCUT2D eigenvalue weighted by Crippen LogP contribution is 2.40. The minimum Gasteiger partial charge on any atom is -0.319 e. The topological polar surface area (TPSA) is 17.8 Å². The van der Waals surface area contributed by atoms with E-state index < -0.39 is 0 Å². The summed E-state index contributed by atoms with van der Waals surface area (Å²) in [5, 5.41) is 0. The molecule has 2 heterocycles. The maximum Gasteiger partial charge on any atom is 0.141 e. The van der Waals surface area contributed by atoms with E-state index in [0.29, 0.717) is 0 Å². The molecular weight excluding hydrogens is 340 g/mol. The number of benzene rings is 4. The summed E-state index contributed by atoms with van der Waals surface area (Å²) in [7, 11) is 0. The number of nitrogens with zero attached hydrogens (tertiary/aromatic N) is 2. The summed E-state index contributed by atoms with van der Waals surface area (Å²) >= 11 is 0. The van der Waals surface area contributed by atoms with Gasteiger partial charge >= 0.3 is 0 Å². The van der Waals surface area contributed by atoms with Crippen LogP contribution in [0.15, 0.2) is 97.1 Å². The van der Waals surface area contributed by atoms with E-state index in [9.17, 15) is 0 Å². The van der Waals surface area contributed by atoms with Gasteiger partial charge in [0.05, 0.1) is 17.6 Å². The normalized spacial score (nSPS) is 12.1. The van der Waals surface area contributed by atoms with Gasteiger partial charge in [-0.2, -0.15) is 0 Å². The second-order valence-corrected chi connectivity index (χ2v) is 7.30. The van der Waals surface area contributed by atoms with Crippen LogP contribution in [0.4, 0.5) is 0 Å². The predicted molar refractivity (Wildman–Crippen MR) is 115 cm³/mol. The summed E-state index contributed by atoms with van der Waals surface area (Å²) < 4.78 is 2.37. The zero-order valence-corrected chi connectivity index (χ0v) is 15.3. The molecule has 1 aliphatic heterocycles. The fraction of sp³-hybridized carbons (Fsp3) is 0.0385. The average Bonchev–Trinajstić information content (AvgIpc) is 3.15. The number of para-hydroxylation sites is 1. The average molecular weight is 358 g/mol. The number of aromatic nitrogens is 2. The number of rotatable bonds is 2. The standard InChI is InChI=1S/C26H18N2/c1-3-8-18(9-4-1)20-14-15-21-17-28-25-22(23(21)16-20)12-7-13-24(25)27-26(28)19-10-5-2-6-11-19/h1-16H,17H2. The maximum atomic E-state index is 4.98. The van der Waals surface area contributed by atoms with Gasteiger partial charge in [-0.3, -0.25) is 0 Å². The van der Waals surface area contributed by atoms with Crippen LogP contribution in [0, 0.1) is 0 Å². The SMILES string of the molecule is c1ccc(-c2ccc3c(c2)-c2cccc4nc(-c5ccccc5)n(c24)C3)cc1. The van der Waals surface area contributed by atoms with Gasteiger partial charge < -0.3 is 4.57 Å². The van der Waals surface area contributed by atoms with E-state index >= 15 is 0 Å². The van der Waals surface area contributed by atoms with Crippen LogP contribution in [0.3, 0.4) is 0 Å². The van der Waals surface area contributed by atoms with E-state index in [4.69, 9.17) is 4.98 Å². The van der Waals surface area contributed by atoms with Crippen LogP contribution in [0.2, 0.25) is 0 Å². The molecule has 1 aromatic heterocycles. The number of imidazole rings is 1. The van der Waals surface area contributed by atoms with Crippen molar-refractivity contribution in [3.63, 3.8) is 0 Å². The van der Waals surface area contributed by atoms with Crippen LogP contribution >= 0.6 is 0 Å². The monoisotopic (exact) mass is 358 g/mol. The van der Waals surface area contributed by atoms with Crippen molar-refractivity contribution in [1.82, 2.24) is 9.55 Å². The summed E-state index contributed by atoms with van der Waals surface area (Å²) in [5.74, 6) is 1.04. The van der Waals surface area contributed by atoms with E-state index in [1.165, 1.54) is 33.3 Å². The lowest BCUT2D eigenvalue weighted by Gasteiger charge is -2.21. The Labute approximate surface area is 163 Å². The molecule has 0 N–H and O–H groups in total. The minimum atomic E-state index is 0.849. The first-order valence-electron chi connectivity index (χ1n) is 9.62. The fourth-order valence-corrected chi connectivity index (χ4v) is 4.31. The van der Waals surface area contributed by atoms with Crippen molar-refractivity contribution in [2.75, 3.05) is 0 Å². The van der Waals surface area contributed by atoms with Gasteiger partial charge in [-0.1, -0.05) is 84.9 Å². The Hall–Kier alpha value is -3.65. The van der Waals surface area contributed by atoms with E-state index in [2.05, 4.69) is 95.6 Å². The molecule has 0 radical (unpaired) electrons. The Kier molecular flexibility index (Phi) is 3.26. The summed E-state index contributed by atoms with van der Waals surface area (Å²) in [6, 6.07) is 34.4. The van der Waals surface area contributed by atoms with Crippen LogP contribution in [-0.2, 0) is 6.54 Å². The van der Waals surface area contributed by atoms with Crippen LogP contribution in [-0.4, -0.2) is 9.55 Å². The molecule has 0 saturated carbocycles. The summed E-state index contributed by atoms with van der Waals surface area (Å²) in [4.78, 5) is 4.98. The molecule has 0 fully saturated rings. The third kappa shape index (κ3) is 2.25. The van der Waals surface area contributed by atoms with E-state index in [-0.39, 0.29) is 0 Å². The van der Waals surface area contributed by atoms with Crippen molar-refractivity contribution in [1.29, 1.82) is 0 Å². The van der Waals surface area contributed by atoms with Crippen LogP contribution in [0.5, 0.6) is 0 Å². The molecular formula is C26H18N2. The van der Waals surface area contributed by atoms with Crippen molar-refractivity contribution in [2.45, 2.75) is 6.54 Å². The molecule has 0 amide bonds. The molecule has 0 spiro atoms. The van der Waals surface area contributed by atoms with Crippen molar-refractivity contribution in [2.24, 2.45) is 0 Å². The Morgan fingerprint density at radius 1 is 0.607 bits per heavy atom. The van der Waals surface area contributed by atoms with Crippen molar-refractivity contribution in [3.05, 3.63) is 103 Å². The van der Waals surface area contributed by atoms with E-state index in [1.807, 2.05) is 6.07 Å². The summed E-state index contributed by atoms with van der Waals surface area (Å²) in [6.45, 7) is 0.849. The number of hydrogen-bond donors (Lipinski definition) is 0. The van der Waals surface area contributed by atoms with E-state index in [1.54, 1.807) is 0 Å². The molecule has 4 aromatic carbocycles. The van der Waals surface area contributed by atoms with Gasteiger partial charge in [0, 0.05) is 11.1 Å². The first kappa shape index (κ1) is 15.4. The lowest BCUT2D eigenvalue weighted by molar-refractivity contribution is 0.827. The Morgan fingerprint density at radius 3 is 2.14 bits per heavy atom. The lowest BCUT2D eigenvalue weighted by Crippen LogP contribution is -2.09. The molecule has 0 atom stereocenters. The third-order valence-corrected chi connectivity index (χ3v) is 5.63. The molecule has 6 rings (SSSR count). The molecule has 5 aromatic rings. The Morgan fingerprint density at radius 2 is 1.36 bits per heavy atom. The van der Waals surface area contributed by atoms with Crippen molar-refractivity contribution >= 4 is 11.0 Å².